The highest BCUT2D eigenvalue weighted by Crippen LogP contribution is 2.36. The Labute approximate surface area is 138 Å². The summed E-state index contributed by atoms with van der Waals surface area (Å²) in [6, 6.07) is 5.07. The zero-order valence-corrected chi connectivity index (χ0v) is 14.6. The van der Waals surface area contributed by atoms with E-state index in [0.717, 1.165) is 18.6 Å². The average molecular weight is 318 g/mol. The van der Waals surface area contributed by atoms with Gasteiger partial charge in [-0.1, -0.05) is 20.8 Å². The van der Waals surface area contributed by atoms with Gasteiger partial charge in [0.2, 0.25) is 0 Å². The van der Waals surface area contributed by atoms with E-state index in [1.807, 2.05) is 0 Å². The Morgan fingerprint density at radius 2 is 1.96 bits per heavy atom. The predicted octanol–water partition coefficient (Wildman–Crippen LogP) is 3.64. The molecule has 1 atom stereocenters. The topological polar surface area (TPSA) is 59.9 Å². The molecule has 2 rings (SSSR count). The number of rotatable bonds is 4. The first kappa shape index (κ1) is 17.3. The van der Waals surface area contributed by atoms with Crippen molar-refractivity contribution in [1.29, 1.82) is 0 Å². The van der Waals surface area contributed by atoms with Crippen LogP contribution in [-0.2, 0) is 0 Å². The Kier molecular flexibility index (Phi) is 5.29. The fourth-order valence-electron chi connectivity index (χ4n) is 3.37. The molecule has 0 bridgehead atoms. The summed E-state index contributed by atoms with van der Waals surface area (Å²) >= 11 is 0. The molecule has 126 valence electrons. The molecule has 1 aliphatic rings. The lowest BCUT2D eigenvalue weighted by Gasteiger charge is -2.34. The predicted molar refractivity (Wildman–Crippen MR) is 91.2 cm³/mol. The van der Waals surface area contributed by atoms with Gasteiger partial charge >= 0.3 is 0 Å². The molecule has 0 heterocycles. The van der Waals surface area contributed by atoms with Crippen LogP contribution in [0.1, 0.15) is 50.4 Å². The molecule has 23 heavy (non-hydrogen) atoms. The van der Waals surface area contributed by atoms with Gasteiger partial charge in [-0.2, -0.15) is 5.10 Å². The molecule has 0 saturated heterocycles. The van der Waals surface area contributed by atoms with E-state index in [1.165, 1.54) is 6.42 Å². The summed E-state index contributed by atoms with van der Waals surface area (Å²) in [5.41, 5.74) is 4.46. The molecule has 1 amide bonds. The van der Waals surface area contributed by atoms with Crippen molar-refractivity contribution < 1.29 is 14.3 Å². The minimum absolute atomic E-state index is 0.241. The Morgan fingerprint density at radius 1 is 1.26 bits per heavy atom. The molecule has 0 unspecified atom stereocenters. The largest absolute Gasteiger partial charge is 0.493 e. The van der Waals surface area contributed by atoms with E-state index in [0.29, 0.717) is 23.0 Å². The first-order valence-corrected chi connectivity index (χ1v) is 7.92. The molecular formula is C18H26N2O3. The maximum absolute atomic E-state index is 12.3. The second-order valence-corrected chi connectivity index (χ2v) is 7.04. The third-order valence-electron chi connectivity index (χ3n) is 4.13. The number of ether oxygens (including phenoxy) is 2. The standard InChI is InChI=1S/C18H26N2O3/c1-12-8-14(11-18(2,3)10-12)19-20-17(21)13-6-7-15(22-4)16(9-13)23-5/h6-7,9,12H,8,10-11H2,1-5H3,(H,20,21)/b19-14-/t12-/m0/s1. The number of nitrogens with zero attached hydrogens (tertiary/aromatic N) is 1. The number of methoxy groups -OCH3 is 2. The van der Waals surface area contributed by atoms with Crippen molar-refractivity contribution in [2.24, 2.45) is 16.4 Å². The highest BCUT2D eigenvalue weighted by molar-refractivity contribution is 5.96. The molecule has 1 fully saturated rings. The van der Waals surface area contributed by atoms with E-state index >= 15 is 0 Å². The van der Waals surface area contributed by atoms with E-state index in [4.69, 9.17) is 9.47 Å². The van der Waals surface area contributed by atoms with Crippen LogP contribution in [0.25, 0.3) is 0 Å². The summed E-state index contributed by atoms with van der Waals surface area (Å²) in [6.45, 7) is 6.72. The molecule has 1 aromatic carbocycles. The van der Waals surface area contributed by atoms with Crippen molar-refractivity contribution in [3.63, 3.8) is 0 Å². The van der Waals surface area contributed by atoms with Crippen molar-refractivity contribution >= 4 is 11.6 Å². The molecule has 1 N–H and O–H groups in total. The van der Waals surface area contributed by atoms with Crippen molar-refractivity contribution in [2.75, 3.05) is 14.2 Å². The van der Waals surface area contributed by atoms with E-state index < -0.39 is 0 Å². The summed E-state index contributed by atoms with van der Waals surface area (Å²) in [4.78, 5) is 12.3. The maximum atomic E-state index is 12.3. The van der Waals surface area contributed by atoms with E-state index in [2.05, 4.69) is 31.3 Å². The molecule has 1 aliphatic carbocycles. The van der Waals surface area contributed by atoms with Gasteiger partial charge in [0.25, 0.3) is 5.91 Å². The highest BCUT2D eigenvalue weighted by Gasteiger charge is 2.29. The van der Waals surface area contributed by atoms with Crippen molar-refractivity contribution in [2.45, 2.75) is 40.0 Å². The summed E-state index contributed by atoms with van der Waals surface area (Å²) < 4.78 is 10.4. The molecule has 0 aromatic heterocycles. The molecule has 5 nitrogen and oxygen atoms in total. The lowest BCUT2D eigenvalue weighted by atomic mass is 9.72. The van der Waals surface area contributed by atoms with Crippen LogP contribution < -0.4 is 14.9 Å². The summed E-state index contributed by atoms with van der Waals surface area (Å²) in [7, 11) is 3.11. The number of amides is 1. The van der Waals surface area contributed by atoms with Gasteiger partial charge in [-0.05, 0) is 48.8 Å². The Hall–Kier alpha value is -2.04. The molecule has 0 aliphatic heterocycles. The number of carbonyl (C=O) groups is 1. The minimum atomic E-state index is -0.241. The Balaban J connectivity index is 2.08. The van der Waals surface area contributed by atoms with Crippen molar-refractivity contribution in [3.8, 4) is 11.5 Å². The molecule has 0 spiro atoms. The zero-order chi connectivity index (χ0) is 17.0. The van der Waals surface area contributed by atoms with Gasteiger partial charge in [-0.3, -0.25) is 4.79 Å². The number of carbonyl (C=O) groups excluding carboxylic acids is 1. The Morgan fingerprint density at radius 3 is 2.57 bits per heavy atom. The van der Waals surface area contributed by atoms with Gasteiger partial charge in [0.1, 0.15) is 0 Å². The third-order valence-corrected chi connectivity index (χ3v) is 4.13. The van der Waals surface area contributed by atoms with Gasteiger partial charge in [0, 0.05) is 11.3 Å². The number of benzene rings is 1. The van der Waals surface area contributed by atoms with Gasteiger partial charge in [0.05, 0.1) is 14.2 Å². The van der Waals surface area contributed by atoms with Crippen LogP contribution in [-0.4, -0.2) is 25.8 Å². The quantitative estimate of drug-likeness (QED) is 0.862. The summed E-state index contributed by atoms with van der Waals surface area (Å²) in [5.74, 6) is 1.48. The zero-order valence-electron chi connectivity index (χ0n) is 14.6. The van der Waals surface area contributed by atoms with Crippen molar-refractivity contribution in [3.05, 3.63) is 23.8 Å². The number of hydrazone groups is 1. The van der Waals surface area contributed by atoms with E-state index in [-0.39, 0.29) is 11.3 Å². The van der Waals surface area contributed by atoms with Crippen LogP contribution in [0.5, 0.6) is 11.5 Å². The first-order valence-electron chi connectivity index (χ1n) is 7.92. The second-order valence-electron chi connectivity index (χ2n) is 7.04. The average Bonchev–Trinajstić information content (AvgIpc) is 2.50. The summed E-state index contributed by atoms with van der Waals surface area (Å²) in [6.07, 6.45) is 3.05. The lowest BCUT2D eigenvalue weighted by molar-refractivity contribution is 0.0953. The van der Waals surface area contributed by atoms with Gasteiger partial charge in [-0.25, -0.2) is 5.43 Å². The first-order chi connectivity index (χ1) is 10.8. The molecule has 1 saturated carbocycles. The van der Waals surface area contributed by atoms with Crippen LogP contribution >= 0.6 is 0 Å². The normalized spacial score (nSPS) is 21.8. The number of hydrogen-bond donors (Lipinski definition) is 1. The van der Waals surface area contributed by atoms with Crippen LogP contribution in [0.15, 0.2) is 23.3 Å². The van der Waals surface area contributed by atoms with Gasteiger partial charge < -0.3 is 9.47 Å². The molecular weight excluding hydrogens is 292 g/mol. The SMILES string of the molecule is COc1ccc(C(=O)N/N=C2/C[C@H](C)CC(C)(C)C2)cc1OC. The third kappa shape index (κ3) is 4.47. The fraction of sp³-hybridized carbons (Fsp3) is 0.556. The molecule has 0 radical (unpaired) electrons. The highest BCUT2D eigenvalue weighted by atomic mass is 16.5. The van der Waals surface area contributed by atoms with Crippen molar-refractivity contribution in [1.82, 2.24) is 5.43 Å². The van der Waals surface area contributed by atoms with E-state index in [1.54, 1.807) is 32.4 Å². The van der Waals surface area contributed by atoms with E-state index in [9.17, 15) is 4.79 Å². The monoisotopic (exact) mass is 318 g/mol. The molecule has 5 heteroatoms. The second kappa shape index (κ2) is 7.02. The smallest absolute Gasteiger partial charge is 0.271 e. The van der Waals surface area contributed by atoms with Gasteiger partial charge in [0.15, 0.2) is 11.5 Å². The summed E-state index contributed by atoms with van der Waals surface area (Å²) in [5, 5.41) is 4.35. The number of nitrogens with one attached hydrogen (secondary N) is 1. The van der Waals surface area contributed by atoms with Gasteiger partial charge in [-0.15, -0.1) is 0 Å². The van der Waals surface area contributed by atoms with Crippen LogP contribution in [0, 0.1) is 11.3 Å². The lowest BCUT2D eigenvalue weighted by Crippen LogP contribution is -2.30. The molecule has 1 aromatic rings. The maximum Gasteiger partial charge on any atom is 0.271 e. The Bertz CT molecular complexity index is 608. The van der Waals surface area contributed by atoms with Crippen LogP contribution in [0.2, 0.25) is 0 Å². The van der Waals surface area contributed by atoms with Crippen LogP contribution in [0.4, 0.5) is 0 Å². The number of hydrogen-bond acceptors (Lipinski definition) is 4. The van der Waals surface area contributed by atoms with Crippen LogP contribution in [0.3, 0.4) is 0 Å². The fourth-order valence-corrected chi connectivity index (χ4v) is 3.37. The minimum Gasteiger partial charge on any atom is -0.493 e.